The summed E-state index contributed by atoms with van der Waals surface area (Å²) in [5, 5.41) is 3.06. The van der Waals surface area contributed by atoms with Crippen molar-refractivity contribution >= 4 is 21.8 Å². The Kier molecular flexibility index (Phi) is 5.23. The van der Waals surface area contributed by atoms with E-state index in [1.165, 1.54) is 5.56 Å². The lowest BCUT2D eigenvalue weighted by Gasteiger charge is -2.15. The minimum absolute atomic E-state index is 0.0122. The highest BCUT2D eigenvalue weighted by Gasteiger charge is 2.15. The van der Waals surface area contributed by atoms with E-state index in [0.29, 0.717) is 5.69 Å². The van der Waals surface area contributed by atoms with E-state index in [9.17, 15) is 4.79 Å². The molecule has 1 amide bonds. The summed E-state index contributed by atoms with van der Waals surface area (Å²) < 4.78 is 2.92. The number of benzene rings is 1. The summed E-state index contributed by atoms with van der Waals surface area (Å²) in [6.07, 6.45) is 2.95. The van der Waals surface area contributed by atoms with Crippen LogP contribution in [0.4, 0.5) is 0 Å². The van der Waals surface area contributed by atoms with Gasteiger partial charge in [-0.1, -0.05) is 36.8 Å². The van der Waals surface area contributed by atoms with Crippen LogP contribution in [-0.4, -0.2) is 10.5 Å². The molecule has 2 rings (SSSR count). The SMILES string of the molecule is CCCn1cc(Br)cc1C(=O)NC(C)c1ccc(C)cc1. The van der Waals surface area contributed by atoms with E-state index >= 15 is 0 Å². The van der Waals surface area contributed by atoms with Crippen LogP contribution in [0.2, 0.25) is 0 Å². The molecule has 1 unspecified atom stereocenters. The smallest absolute Gasteiger partial charge is 0.268 e. The van der Waals surface area contributed by atoms with E-state index < -0.39 is 0 Å². The van der Waals surface area contributed by atoms with E-state index in [-0.39, 0.29) is 11.9 Å². The third-order valence-corrected chi connectivity index (χ3v) is 3.92. The largest absolute Gasteiger partial charge is 0.344 e. The van der Waals surface area contributed by atoms with Crippen molar-refractivity contribution in [3.63, 3.8) is 0 Å². The van der Waals surface area contributed by atoms with E-state index in [4.69, 9.17) is 0 Å². The molecule has 0 radical (unpaired) electrons. The number of halogens is 1. The van der Waals surface area contributed by atoms with Gasteiger partial charge in [0.1, 0.15) is 5.69 Å². The molecule has 2 aromatic rings. The van der Waals surface area contributed by atoms with Crippen molar-refractivity contribution in [1.29, 1.82) is 0 Å². The fourth-order valence-electron chi connectivity index (χ4n) is 2.30. The number of aryl methyl sites for hydroxylation is 2. The van der Waals surface area contributed by atoms with Gasteiger partial charge in [0, 0.05) is 17.2 Å². The van der Waals surface area contributed by atoms with E-state index in [0.717, 1.165) is 23.0 Å². The standard InChI is InChI=1S/C17H21BrN2O/c1-4-9-20-11-15(18)10-16(20)17(21)19-13(3)14-7-5-12(2)6-8-14/h5-8,10-11,13H,4,9H2,1-3H3,(H,19,21). The fourth-order valence-corrected chi connectivity index (χ4v) is 2.76. The predicted molar refractivity (Wildman–Crippen MR) is 89.5 cm³/mol. The molecule has 0 saturated carbocycles. The van der Waals surface area contributed by atoms with Gasteiger partial charge in [0.15, 0.2) is 0 Å². The first-order valence-corrected chi connectivity index (χ1v) is 8.03. The van der Waals surface area contributed by atoms with E-state index in [1.807, 2.05) is 23.8 Å². The zero-order chi connectivity index (χ0) is 15.4. The zero-order valence-electron chi connectivity index (χ0n) is 12.7. The number of hydrogen-bond acceptors (Lipinski definition) is 1. The van der Waals surface area contributed by atoms with Crippen molar-refractivity contribution in [3.8, 4) is 0 Å². The molecule has 4 heteroatoms. The summed E-state index contributed by atoms with van der Waals surface area (Å²) in [6, 6.07) is 10.1. The van der Waals surface area contributed by atoms with Gasteiger partial charge in [0.25, 0.3) is 5.91 Å². The van der Waals surface area contributed by atoms with Crippen LogP contribution in [0.5, 0.6) is 0 Å². The van der Waals surface area contributed by atoms with Gasteiger partial charge >= 0.3 is 0 Å². The number of nitrogens with one attached hydrogen (secondary N) is 1. The van der Waals surface area contributed by atoms with Crippen LogP contribution in [0.1, 0.15) is 47.9 Å². The molecule has 0 bridgehead atoms. The van der Waals surface area contributed by atoms with Crippen LogP contribution < -0.4 is 5.32 Å². The molecule has 1 aromatic heterocycles. The number of rotatable bonds is 5. The zero-order valence-corrected chi connectivity index (χ0v) is 14.3. The van der Waals surface area contributed by atoms with E-state index in [2.05, 4.69) is 59.4 Å². The Bertz CT molecular complexity index is 616. The minimum atomic E-state index is -0.0396. The molecule has 21 heavy (non-hydrogen) atoms. The Morgan fingerprint density at radius 2 is 2.00 bits per heavy atom. The van der Waals surface area contributed by atoms with Gasteiger partial charge in [-0.15, -0.1) is 0 Å². The molecule has 1 heterocycles. The third-order valence-electron chi connectivity index (χ3n) is 3.49. The van der Waals surface area contributed by atoms with Gasteiger partial charge in [-0.3, -0.25) is 4.79 Å². The number of amides is 1. The van der Waals surface area contributed by atoms with Gasteiger partial charge in [-0.05, 0) is 47.8 Å². The first-order chi connectivity index (χ1) is 10.0. The monoisotopic (exact) mass is 348 g/mol. The van der Waals surface area contributed by atoms with Gasteiger partial charge in [-0.2, -0.15) is 0 Å². The molecule has 0 saturated heterocycles. The summed E-state index contributed by atoms with van der Waals surface area (Å²) in [5.41, 5.74) is 3.03. The van der Waals surface area contributed by atoms with Crippen LogP contribution in [0.15, 0.2) is 41.0 Å². The van der Waals surface area contributed by atoms with Crippen LogP contribution in [0, 0.1) is 6.92 Å². The van der Waals surface area contributed by atoms with Crippen molar-refractivity contribution in [1.82, 2.24) is 9.88 Å². The normalized spacial score (nSPS) is 12.2. The average molecular weight is 349 g/mol. The molecule has 112 valence electrons. The fraction of sp³-hybridized carbons (Fsp3) is 0.353. The predicted octanol–water partition coefficient (Wildman–Crippen LogP) is 4.46. The van der Waals surface area contributed by atoms with Gasteiger partial charge in [0.05, 0.1) is 6.04 Å². The van der Waals surface area contributed by atoms with Gasteiger partial charge in [0.2, 0.25) is 0 Å². The maximum atomic E-state index is 12.5. The van der Waals surface area contributed by atoms with Crippen molar-refractivity contribution in [3.05, 3.63) is 57.8 Å². The van der Waals surface area contributed by atoms with Crippen molar-refractivity contribution < 1.29 is 4.79 Å². The lowest BCUT2D eigenvalue weighted by atomic mass is 10.1. The second-order valence-corrected chi connectivity index (χ2v) is 6.26. The molecule has 0 aliphatic rings. The first-order valence-electron chi connectivity index (χ1n) is 7.24. The summed E-state index contributed by atoms with van der Waals surface area (Å²) in [6.45, 7) is 7.00. The lowest BCUT2D eigenvalue weighted by Crippen LogP contribution is -2.28. The second-order valence-electron chi connectivity index (χ2n) is 5.34. The maximum Gasteiger partial charge on any atom is 0.268 e. The first kappa shape index (κ1) is 15.8. The van der Waals surface area contributed by atoms with Crippen LogP contribution in [0.25, 0.3) is 0 Å². The van der Waals surface area contributed by atoms with E-state index in [1.54, 1.807) is 0 Å². The molecular weight excluding hydrogens is 328 g/mol. The Morgan fingerprint density at radius 1 is 1.33 bits per heavy atom. The quantitative estimate of drug-likeness (QED) is 0.850. The number of carbonyl (C=O) groups is 1. The van der Waals surface area contributed by atoms with Crippen molar-refractivity contribution in [2.45, 2.75) is 39.8 Å². The van der Waals surface area contributed by atoms with Crippen LogP contribution >= 0.6 is 15.9 Å². The van der Waals surface area contributed by atoms with Gasteiger partial charge in [-0.25, -0.2) is 0 Å². The average Bonchev–Trinajstić information content (AvgIpc) is 2.81. The number of aromatic nitrogens is 1. The minimum Gasteiger partial charge on any atom is -0.344 e. The summed E-state index contributed by atoms with van der Waals surface area (Å²) in [7, 11) is 0. The summed E-state index contributed by atoms with van der Waals surface area (Å²) >= 11 is 3.44. The molecule has 0 fully saturated rings. The highest BCUT2D eigenvalue weighted by molar-refractivity contribution is 9.10. The molecule has 0 aliphatic heterocycles. The van der Waals surface area contributed by atoms with Gasteiger partial charge < -0.3 is 9.88 Å². The molecule has 1 N–H and O–H groups in total. The Labute approximate surface area is 134 Å². The summed E-state index contributed by atoms with van der Waals surface area (Å²) in [5.74, 6) is -0.0396. The third kappa shape index (κ3) is 3.97. The Hall–Kier alpha value is -1.55. The molecule has 1 atom stereocenters. The summed E-state index contributed by atoms with van der Waals surface area (Å²) in [4.78, 5) is 12.5. The highest BCUT2D eigenvalue weighted by Crippen LogP contribution is 2.18. The van der Waals surface area contributed by atoms with Crippen LogP contribution in [0.3, 0.4) is 0 Å². The highest BCUT2D eigenvalue weighted by atomic mass is 79.9. The van der Waals surface area contributed by atoms with Crippen molar-refractivity contribution in [2.24, 2.45) is 0 Å². The Balaban J connectivity index is 2.12. The number of carbonyl (C=O) groups excluding carboxylic acids is 1. The molecule has 3 nitrogen and oxygen atoms in total. The number of nitrogens with zero attached hydrogens (tertiary/aromatic N) is 1. The molecule has 0 aliphatic carbocycles. The van der Waals surface area contributed by atoms with Crippen LogP contribution in [-0.2, 0) is 6.54 Å². The molecular formula is C17H21BrN2O. The van der Waals surface area contributed by atoms with Crippen molar-refractivity contribution in [2.75, 3.05) is 0 Å². The number of hydrogen-bond donors (Lipinski definition) is 1. The lowest BCUT2D eigenvalue weighted by molar-refractivity contribution is 0.0930. The second kappa shape index (κ2) is 6.94. The Morgan fingerprint density at radius 3 is 2.62 bits per heavy atom. The maximum absolute atomic E-state index is 12.5. The topological polar surface area (TPSA) is 34.0 Å². The molecule has 1 aromatic carbocycles. The molecule has 0 spiro atoms.